The van der Waals surface area contributed by atoms with Gasteiger partial charge < -0.3 is 14.8 Å². The highest BCUT2D eigenvalue weighted by Crippen LogP contribution is 2.25. The van der Waals surface area contributed by atoms with E-state index < -0.39 is 0 Å². The third-order valence-corrected chi connectivity index (χ3v) is 3.83. The number of nitrogens with one attached hydrogen (secondary N) is 1. The van der Waals surface area contributed by atoms with E-state index >= 15 is 0 Å². The van der Waals surface area contributed by atoms with Gasteiger partial charge in [0, 0.05) is 17.6 Å². The Morgan fingerprint density at radius 1 is 1.08 bits per heavy atom. The number of fused-ring (bicyclic) bond motifs is 1. The number of ether oxygens (including phenoxy) is 2. The number of benzene rings is 2. The van der Waals surface area contributed by atoms with E-state index in [1.54, 1.807) is 19.2 Å². The molecule has 0 saturated heterocycles. The number of para-hydroxylation sites is 3. The maximum atomic E-state index is 12.1. The zero-order chi connectivity index (χ0) is 17.6. The van der Waals surface area contributed by atoms with Gasteiger partial charge in [-0.05, 0) is 36.8 Å². The fourth-order valence-corrected chi connectivity index (χ4v) is 2.67. The Morgan fingerprint density at radius 3 is 2.60 bits per heavy atom. The minimum atomic E-state index is -0.190. The molecular formula is C20H20N2O3. The van der Waals surface area contributed by atoms with E-state index in [1.165, 1.54) is 0 Å². The Labute approximate surface area is 146 Å². The van der Waals surface area contributed by atoms with Gasteiger partial charge in [0.25, 0.3) is 5.91 Å². The number of carbonyl (C=O) groups is 1. The van der Waals surface area contributed by atoms with E-state index in [0.29, 0.717) is 18.0 Å². The van der Waals surface area contributed by atoms with E-state index in [4.69, 9.17) is 9.47 Å². The zero-order valence-corrected chi connectivity index (χ0v) is 14.3. The Morgan fingerprint density at radius 2 is 1.80 bits per heavy atom. The average Bonchev–Trinajstić information content (AvgIpc) is 2.64. The largest absolute Gasteiger partial charge is 0.493 e. The van der Waals surface area contributed by atoms with Crippen molar-refractivity contribution in [2.45, 2.75) is 13.5 Å². The van der Waals surface area contributed by atoms with Crippen LogP contribution in [0.1, 0.15) is 11.3 Å². The molecule has 2 aromatic carbocycles. The third-order valence-electron chi connectivity index (χ3n) is 3.83. The first kappa shape index (κ1) is 16.8. The predicted molar refractivity (Wildman–Crippen MR) is 96.8 cm³/mol. The molecule has 0 atom stereocenters. The van der Waals surface area contributed by atoms with Crippen LogP contribution in [0, 0.1) is 6.92 Å². The molecule has 3 rings (SSSR count). The number of nitrogens with zero attached hydrogens (tertiary/aromatic N) is 1. The van der Waals surface area contributed by atoms with Crippen LogP contribution >= 0.6 is 0 Å². The first-order valence-corrected chi connectivity index (χ1v) is 8.05. The third kappa shape index (κ3) is 4.07. The Bertz CT molecular complexity index is 893. The van der Waals surface area contributed by atoms with Gasteiger partial charge in [0.15, 0.2) is 18.1 Å². The molecule has 1 N–H and O–H groups in total. The van der Waals surface area contributed by atoms with Gasteiger partial charge in [-0.25, -0.2) is 0 Å². The summed E-state index contributed by atoms with van der Waals surface area (Å²) in [5.41, 5.74) is 2.89. The van der Waals surface area contributed by atoms with Gasteiger partial charge in [-0.15, -0.1) is 0 Å². The van der Waals surface area contributed by atoms with Crippen LogP contribution in [0.4, 0.5) is 0 Å². The highest BCUT2D eigenvalue weighted by molar-refractivity contribution is 5.83. The summed E-state index contributed by atoms with van der Waals surface area (Å²) in [5.74, 6) is 0.959. The summed E-state index contributed by atoms with van der Waals surface area (Å²) in [6.07, 6.45) is 0. The molecule has 128 valence electrons. The molecule has 0 aliphatic carbocycles. The summed E-state index contributed by atoms with van der Waals surface area (Å²) in [6.45, 7) is 2.31. The Balaban J connectivity index is 1.63. The van der Waals surface area contributed by atoms with Crippen molar-refractivity contribution in [2.75, 3.05) is 13.7 Å². The Kier molecular flexibility index (Phi) is 5.14. The molecule has 0 aliphatic heterocycles. The number of hydrogen-bond donors (Lipinski definition) is 1. The Hall–Kier alpha value is -3.08. The highest BCUT2D eigenvalue weighted by atomic mass is 16.5. The molecule has 1 aromatic heterocycles. The number of aromatic nitrogens is 1. The average molecular weight is 336 g/mol. The fourth-order valence-electron chi connectivity index (χ4n) is 2.67. The SMILES string of the molecule is COc1ccccc1OCC(=O)NCc1cc(C)nc2ccccc12. The van der Waals surface area contributed by atoms with E-state index in [9.17, 15) is 4.79 Å². The van der Waals surface area contributed by atoms with Crippen molar-refractivity contribution in [3.8, 4) is 11.5 Å². The zero-order valence-electron chi connectivity index (χ0n) is 14.3. The van der Waals surface area contributed by atoms with Gasteiger partial charge in [-0.3, -0.25) is 9.78 Å². The highest BCUT2D eigenvalue weighted by Gasteiger charge is 2.08. The van der Waals surface area contributed by atoms with Gasteiger partial charge in [0.1, 0.15) is 0 Å². The number of methoxy groups -OCH3 is 1. The minimum Gasteiger partial charge on any atom is -0.493 e. The molecule has 25 heavy (non-hydrogen) atoms. The number of aryl methyl sites for hydroxylation is 1. The van der Waals surface area contributed by atoms with Crippen molar-refractivity contribution in [1.82, 2.24) is 10.3 Å². The van der Waals surface area contributed by atoms with E-state index in [1.807, 2.05) is 49.4 Å². The predicted octanol–water partition coefficient (Wildman–Crippen LogP) is 3.25. The summed E-state index contributed by atoms with van der Waals surface area (Å²) in [4.78, 5) is 16.6. The van der Waals surface area contributed by atoms with E-state index in [2.05, 4.69) is 10.3 Å². The molecule has 1 heterocycles. The van der Waals surface area contributed by atoms with Gasteiger partial charge in [-0.1, -0.05) is 30.3 Å². The molecule has 0 radical (unpaired) electrons. The van der Waals surface area contributed by atoms with Gasteiger partial charge in [0.05, 0.1) is 12.6 Å². The van der Waals surface area contributed by atoms with Crippen molar-refractivity contribution < 1.29 is 14.3 Å². The van der Waals surface area contributed by atoms with Crippen molar-refractivity contribution in [1.29, 1.82) is 0 Å². The number of amides is 1. The lowest BCUT2D eigenvalue weighted by molar-refractivity contribution is -0.123. The van der Waals surface area contributed by atoms with Crippen molar-refractivity contribution in [3.05, 3.63) is 65.9 Å². The maximum Gasteiger partial charge on any atom is 0.258 e. The second-order valence-electron chi connectivity index (χ2n) is 5.66. The first-order valence-electron chi connectivity index (χ1n) is 8.05. The standard InChI is InChI=1S/C20H20N2O3/c1-14-11-15(16-7-3-4-8-17(16)22-14)12-21-20(23)13-25-19-10-6-5-9-18(19)24-2/h3-11H,12-13H2,1-2H3,(H,21,23). The van der Waals surface area contributed by atoms with Crippen LogP contribution in [0.25, 0.3) is 10.9 Å². The molecule has 0 fully saturated rings. The fraction of sp³-hybridized carbons (Fsp3) is 0.200. The number of hydrogen-bond acceptors (Lipinski definition) is 4. The van der Waals surface area contributed by atoms with Crippen molar-refractivity contribution in [2.24, 2.45) is 0 Å². The number of carbonyl (C=O) groups excluding carboxylic acids is 1. The summed E-state index contributed by atoms with van der Waals surface area (Å²) < 4.78 is 10.7. The lowest BCUT2D eigenvalue weighted by Crippen LogP contribution is -2.28. The molecule has 0 saturated carbocycles. The first-order chi connectivity index (χ1) is 12.2. The lowest BCUT2D eigenvalue weighted by Gasteiger charge is -2.12. The van der Waals surface area contributed by atoms with Crippen molar-refractivity contribution >= 4 is 16.8 Å². The molecular weight excluding hydrogens is 316 g/mol. The number of pyridine rings is 1. The van der Waals surface area contributed by atoms with Crippen LogP contribution in [0.5, 0.6) is 11.5 Å². The smallest absolute Gasteiger partial charge is 0.258 e. The summed E-state index contributed by atoms with van der Waals surface area (Å²) in [7, 11) is 1.57. The normalized spacial score (nSPS) is 10.5. The molecule has 0 spiro atoms. The van der Waals surface area contributed by atoms with Crippen LogP contribution < -0.4 is 14.8 Å². The topological polar surface area (TPSA) is 60.5 Å². The van der Waals surface area contributed by atoms with E-state index in [-0.39, 0.29) is 12.5 Å². The minimum absolute atomic E-state index is 0.0671. The van der Waals surface area contributed by atoms with Crippen LogP contribution in [0.2, 0.25) is 0 Å². The second kappa shape index (κ2) is 7.66. The molecule has 5 nitrogen and oxygen atoms in total. The van der Waals surface area contributed by atoms with Crippen LogP contribution in [0.15, 0.2) is 54.6 Å². The maximum absolute atomic E-state index is 12.1. The second-order valence-corrected chi connectivity index (χ2v) is 5.66. The monoisotopic (exact) mass is 336 g/mol. The summed E-state index contributed by atoms with van der Waals surface area (Å²) in [5, 5.41) is 3.93. The molecule has 0 unspecified atom stereocenters. The van der Waals surface area contributed by atoms with Gasteiger partial charge >= 0.3 is 0 Å². The molecule has 1 amide bonds. The van der Waals surface area contributed by atoms with Crippen molar-refractivity contribution in [3.63, 3.8) is 0 Å². The van der Waals surface area contributed by atoms with Gasteiger partial charge in [-0.2, -0.15) is 0 Å². The number of rotatable bonds is 6. The molecule has 5 heteroatoms. The molecule has 0 aliphatic rings. The van der Waals surface area contributed by atoms with Crippen LogP contribution in [0.3, 0.4) is 0 Å². The lowest BCUT2D eigenvalue weighted by atomic mass is 10.1. The molecule has 0 bridgehead atoms. The van der Waals surface area contributed by atoms with E-state index in [0.717, 1.165) is 22.2 Å². The summed E-state index contributed by atoms with van der Waals surface area (Å²) in [6, 6.07) is 17.1. The quantitative estimate of drug-likeness (QED) is 0.751. The summed E-state index contributed by atoms with van der Waals surface area (Å²) >= 11 is 0. The van der Waals surface area contributed by atoms with Crippen LogP contribution in [-0.2, 0) is 11.3 Å². The van der Waals surface area contributed by atoms with Gasteiger partial charge in [0.2, 0.25) is 0 Å². The molecule has 3 aromatic rings. The van der Waals surface area contributed by atoms with Crippen LogP contribution in [-0.4, -0.2) is 24.6 Å².